The normalized spacial score (nSPS) is 24.0. The van der Waals surface area contributed by atoms with Crippen LogP contribution in [0.1, 0.15) is 84.0 Å². The zero-order valence-corrected chi connectivity index (χ0v) is 16.0. The zero-order chi connectivity index (χ0) is 18.2. The van der Waals surface area contributed by atoms with Crippen molar-refractivity contribution < 1.29 is 19.7 Å². The molecule has 146 valence electrons. The fraction of sp³-hybridized carbons (Fsp3) is 0.810. The average Bonchev–Trinajstić information content (AvgIpc) is 3.00. The molecule has 2 N–H and O–H groups in total. The number of hydrogen-bond donors (Lipinski definition) is 2. The summed E-state index contributed by atoms with van der Waals surface area (Å²) >= 11 is 0. The van der Waals surface area contributed by atoms with Crippen LogP contribution in [0, 0.1) is 0 Å². The first-order valence-electron chi connectivity index (χ1n) is 10.1. The molecule has 0 amide bonds. The van der Waals surface area contributed by atoms with E-state index in [9.17, 15) is 5.11 Å². The van der Waals surface area contributed by atoms with E-state index >= 15 is 0 Å². The third kappa shape index (κ3) is 11.5. The Morgan fingerprint density at radius 1 is 0.920 bits per heavy atom. The van der Waals surface area contributed by atoms with Crippen LogP contribution in [0.3, 0.4) is 0 Å². The van der Waals surface area contributed by atoms with E-state index in [2.05, 4.69) is 31.2 Å². The second-order valence-corrected chi connectivity index (χ2v) is 6.93. The van der Waals surface area contributed by atoms with E-state index in [4.69, 9.17) is 14.6 Å². The first-order valence-corrected chi connectivity index (χ1v) is 10.1. The Morgan fingerprint density at radius 2 is 1.56 bits per heavy atom. The van der Waals surface area contributed by atoms with Gasteiger partial charge in [0.25, 0.3) is 5.97 Å². The lowest BCUT2D eigenvalue weighted by Crippen LogP contribution is -2.30. The highest BCUT2D eigenvalue weighted by atomic mass is 16.9. The van der Waals surface area contributed by atoms with Gasteiger partial charge in [-0.3, -0.25) is 0 Å². The molecule has 0 saturated carbocycles. The Labute approximate surface area is 153 Å². The van der Waals surface area contributed by atoms with Crippen LogP contribution in [-0.4, -0.2) is 35.5 Å². The van der Waals surface area contributed by atoms with Crippen molar-refractivity contribution in [3.8, 4) is 0 Å². The summed E-state index contributed by atoms with van der Waals surface area (Å²) in [6, 6.07) is 0. The second-order valence-electron chi connectivity index (χ2n) is 6.93. The molecule has 1 heterocycles. The van der Waals surface area contributed by atoms with Crippen molar-refractivity contribution in [2.45, 2.75) is 96.1 Å². The first kappa shape index (κ1) is 22.4. The summed E-state index contributed by atoms with van der Waals surface area (Å²) in [5.74, 6) is -1.47. The number of aliphatic hydroxyl groups excluding tert-OH is 1. The first-order chi connectivity index (χ1) is 12.2. The standard InChI is InChI=1S/C21H38O4/c1-2-3-4-5-6-7-8-9-10-11-12-13-14-15-16-17-21(23)24-19-20(18-22)25-21/h6-7,9-10,20,22-23H,2-5,8,11-19H2,1H3. The molecule has 0 spiro atoms. The van der Waals surface area contributed by atoms with Gasteiger partial charge in [-0.2, -0.15) is 0 Å². The van der Waals surface area contributed by atoms with Crippen molar-refractivity contribution in [1.82, 2.24) is 0 Å². The van der Waals surface area contributed by atoms with Gasteiger partial charge in [-0.1, -0.05) is 63.3 Å². The minimum Gasteiger partial charge on any atom is -0.394 e. The van der Waals surface area contributed by atoms with Gasteiger partial charge in [-0.25, -0.2) is 0 Å². The predicted octanol–water partition coefficient (Wildman–Crippen LogP) is 4.85. The molecule has 2 unspecified atom stereocenters. The van der Waals surface area contributed by atoms with E-state index in [0.717, 1.165) is 25.7 Å². The lowest BCUT2D eigenvalue weighted by atomic mass is 10.1. The van der Waals surface area contributed by atoms with E-state index in [0.29, 0.717) is 6.42 Å². The molecule has 2 atom stereocenters. The summed E-state index contributed by atoms with van der Waals surface area (Å²) < 4.78 is 10.5. The summed E-state index contributed by atoms with van der Waals surface area (Å²) in [5.41, 5.74) is 0. The Bertz CT molecular complexity index is 367. The summed E-state index contributed by atoms with van der Waals surface area (Å²) in [5, 5.41) is 19.0. The molecule has 0 radical (unpaired) electrons. The third-order valence-electron chi connectivity index (χ3n) is 4.49. The monoisotopic (exact) mass is 354 g/mol. The highest BCUT2D eigenvalue weighted by molar-refractivity contribution is 4.92. The summed E-state index contributed by atoms with van der Waals surface area (Å²) in [7, 11) is 0. The maximum atomic E-state index is 10.0. The Morgan fingerprint density at radius 3 is 2.20 bits per heavy atom. The molecule has 1 aliphatic rings. The molecule has 4 nitrogen and oxygen atoms in total. The SMILES string of the molecule is CCCCCC=CCC=CCCCCCCCC1(O)OCC(CO)O1. The maximum absolute atomic E-state index is 10.0. The number of aliphatic hydroxyl groups is 2. The molecule has 0 aliphatic carbocycles. The van der Waals surface area contributed by atoms with E-state index < -0.39 is 5.97 Å². The van der Waals surface area contributed by atoms with Crippen LogP contribution in [0.4, 0.5) is 0 Å². The van der Waals surface area contributed by atoms with E-state index in [-0.39, 0.29) is 19.3 Å². The van der Waals surface area contributed by atoms with Gasteiger partial charge < -0.3 is 19.7 Å². The second kappa shape index (κ2) is 14.5. The molecule has 1 saturated heterocycles. The van der Waals surface area contributed by atoms with Crippen LogP contribution in [0.2, 0.25) is 0 Å². The molecule has 25 heavy (non-hydrogen) atoms. The minimum atomic E-state index is -1.47. The van der Waals surface area contributed by atoms with Crippen LogP contribution >= 0.6 is 0 Å². The summed E-state index contributed by atoms with van der Waals surface area (Å²) in [6.45, 7) is 2.40. The number of rotatable bonds is 15. The van der Waals surface area contributed by atoms with Crippen molar-refractivity contribution in [3.05, 3.63) is 24.3 Å². The van der Waals surface area contributed by atoms with E-state index in [1.807, 2.05) is 0 Å². The Hall–Kier alpha value is -0.680. The van der Waals surface area contributed by atoms with Crippen LogP contribution in [0.25, 0.3) is 0 Å². The highest BCUT2D eigenvalue weighted by Gasteiger charge is 2.38. The number of hydrogen-bond acceptors (Lipinski definition) is 4. The lowest BCUT2D eigenvalue weighted by Gasteiger charge is -2.20. The fourth-order valence-electron chi connectivity index (χ4n) is 2.93. The van der Waals surface area contributed by atoms with E-state index in [1.165, 1.54) is 44.9 Å². The Balaban J connectivity index is 1.86. The fourth-order valence-corrected chi connectivity index (χ4v) is 2.93. The molecule has 0 aromatic heterocycles. The van der Waals surface area contributed by atoms with Gasteiger partial charge >= 0.3 is 0 Å². The average molecular weight is 355 g/mol. The van der Waals surface area contributed by atoms with Crippen LogP contribution < -0.4 is 0 Å². The predicted molar refractivity (Wildman–Crippen MR) is 102 cm³/mol. The van der Waals surface area contributed by atoms with Crippen LogP contribution in [0.15, 0.2) is 24.3 Å². The number of ether oxygens (including phenoxy) is 2. The molecule has 0 bridgehead atoms. The molecule has 1 aliphatic heterocycles. The molecular weight excluding hydrogens is 316 g/mol. The molecule has 1 rings (SSSR count). The summed E-state index contributed by atoms with van der Waals surface area (Å²) in [6.07, 6.45) is 22.1. The van der Waals surface area contributed by atoms with Crippen molar-refractivity contribution in [2.75, 3.05) is 13.2 Å². The molecule has 0 aromatic rings. The van der Waals surface area contributed by atoms with E-state index in [1.54, 1.807) is 0 Å². The maximum Gasteiger partial charge on any atom is 0.280 e. The van der Waals surface area contributed by atoms with Gasteiger partial charge in [-0.15, -0.1) is 0 Å². The van der Waals surface area contributed by atoms with Crippen molar-refractivity contribution >= 4 is 0 Å². The highest BCUT2D eigenvalue weighted by Crippen LogP contribution is 2.26. The zero-order valence-electron chi connectivity index (χ0n) is 16.0. The van der Waals surface area contributed by atoms with Crippen molar-refractivity contribution in [3.63, 3.8) is 0 Å². The van der Waals surface area contributed by atoms with Crippen LogP contribution in [0.5, 0.6) is 0 Å². The minimum absolute atomic E-state index is 0.107. The molecule has 4 heteroatoms. The topological polar surface area (TPSA) is 58.9 Å². The Kier molecular flexibility index (Phi) is 13.0. The van der Waals surface area contributed by atoms with Gasteiger partial charge in [0.15, 0.2) is 0 Å². The number of unbranched alkanes of at least 4 members (excludes halogenated alkanes) is 8. The largest absolute Gasteiger partial charge is 0.394 e. The quantitative estimate of drug-likeness (QED) is 0.326. The van der Waals surface area contributed by atoms with Crippen molar-refractivity contribution in [1.29, 1.82) is 0 Å². The molecular formula is C21H38O4. The molecule has 1 fully saturated rings. The van der Waals surface area contributed by atoms with Crippen LogP contribution in [-0.2, 0) is 9.47 Å². The van der Waals surface area contributed by atoms with Gasteiger partial charge in [0.1, 0.15) is 6.10 Å². The third-order valence-corrected chi connectivity index (χ3v) is 4.49. The van der Waals surface area contributed by atoms with Gasteiger partial charge in [0.05, 0.1) is 13.2 Å². The number of allylic oxidation sites excluding steroid dienone is 4. The van der Waals surface area contributed by atoms with Gasteiger partial charge in [0.2, 0.25) is 0 Å². The smallest absolute Gasteiger partial charge is 0.280 e. The van der Waals surface area contributed by atoms with Gasteiger partial charge in [0, 0.05) is 6.42 Å². The van der Waals surface area contributed by atoms with Gasteiger partial charge in [-0.05, 0) is 38.5 Å². The lowest BCUT2D eigenvalue weighted by molar-refractivity contribution is -0.316. The molecule has 0 aromatic carbocycles. The van der Waals surface area contributed by atoms with Crippen molar-refractivity contribution in [2.24, 2.45) is 0 Å². The summed E-state index contributed by atoms with van der Waals surface area (Å²) in [4.78, 5) is 0.